The van der Waals surface area contributed by atoms with Crippen LogP contribution in [0.2, 0.25) is 0 Å². The summed E-state index contributed by atoms with van der Waals surface area (Å²) in [4.78, 5) is 15.3. The van der Waals surface area contributed by atoms with Gasteiger partial charge >= 0.3 is 0 Å². The number of para-hydroxylation sites is 1. The van der Waals surface area contributed by atoms with Crippen molar-refractivity contribution in [2.75, 3.05) is 6.54 Å². The van der Waals surface area contributed by atoms with Crippen LogP contribution in [0.4, 0.5) is 0 Å². The monoisotopic (exact) mass is 561 g/mol. The van der Waals surface area contributed by atoms with Crippen LogP contribution in [0.5, 0.6) is 5.75 Å². The highest BCUT2D eigenvalue weighted by molar-refractivity contribution is 8.26. The van der Waals surface area contributed by atoms with Crippen LogP contribution >= 0.6 is 24.0 Å². The third kappa shape index (κ3) is 5.30. The Labute approximate surface area is 243 Å². The Hall–Kier alpha value is -4.20. The molecule has 2 heterocycles. The lowest BCUT2D eigenvalue weighted by atomic mass is 10.1. The van der Waals surface area contributed by atoms with Gasteiger partial charge in [-0.2, -0.15) is 5.10 Å². The molecular weight excluding hydrogens is 535 g/mol. The Bertz CT molecular complexity index is 1720. The summed E-state index contributed by atoms with van der Waals surface area (Å²) in [5.41, 5.74) is 4.65. The van der Waals surface area contributed by atoms with Crippen molar-refractivity contribution in [1.29, 1.82) is 0 Å². The Morgan fingerprint density at radius 3 is 2.48 bits per heavy atom. The van der Waals surface area contributed by atoms with E-state index < -0.39 is 0 Å². The zero-order valence-corrected chi connectivity index (χ0v) is 23.6. The number of benzene rings is 4. The molecule has 0 radical (unpaired) electrons. The van der Waals surface area contributed by atoms with Crippen LogP contribution in [0.1, 0.15) is 24.5 Å². The van der Waals surface area contributed by atoms with Crippen molar-refractivity contribution in [1.82, 2.24) is 14.7 Å². The second kappa shape index (κ2) is 11.5. The summed E-state index contributed by atoms with van der Waals surface area (Å²) >= 11 is 6.82. The Morgan fingerprint density at radius 1 is 0.925 bits per heavy atom. The molecule has 1 aliphatic rings. The molecule has 1 amide bonds. The van der Waals surface area contributed by atoms with Crippen molar-refractivity contribution in [3.63, 3.8) is 0 Å². The first-order valence-electron chi connectivity index (χ1n) is 13.2. The summed E-state index contributed by atoms with van der Waals surface area (Å²) in [7, 11) is 0. The van der Waals surface area contributed by atoms with E-state index in [2.05, 4.69) is 36.4 Å². The maximum Gasteiger partial charge on any atom is 0.266 e. The SMILES string of the molecule is CCCN1C(=O)C(=Cc2cn(-c3ccccc3)nc2-c2ccc(OCc3cccc4ccccc34)cc2)SC1=S. The molecule has 0 aliphatic carbocycles. The van der Waals surface area contributed by atoms with Crippen LogP contribution in [0.3, 0.4) is 0 Å². The van der Waals surface area contributed by atoms with E-state index in [0.29, 0.717) is 22.4 Å². The maximum atomic E-state index is 13.1. The Kier molecular flexibility index (Phi) is 7.49. The molecule has 0 spiro atoms. The number of aromatic nitrogens is 2. The minimum atomic E-state index is -0.0487. The van der Waals surface area contributed by atoms with E-state index in [1.165, 1.54) is 22.5 Å². The van der Waals surface area contributed by atoms with Gasteiger partial charge in [0.25, 0.3) is 5.91 Å². The quantitative estimate of drug-likeness (QED) is 0.142. The minimum absolute atomic E-state index is 0.0487. The van der Waals surface area contributed by atoms with Crippen LogP contribution in [0, 0.1) is 0 Å². The smallest absolute Gasteiger partial charge is 0.266 e. The fourth-order valence-corrected chi connectivity index (χ4v) is 6.08. The molecule has 1 saturated heterocycles. The molecule has 40 heavy (non-hydrogen) atoms. The van der Waals surface area contributed by atoms with Crippen LogP contribution in [-0.2, 0) is 11.4 Å². The fraction of sp³-hybridized carbons (Fsp3) is 0.121. The van der Waals surface area contributed by atoms with Crippen molar-refractivity contribution in [3.8, 4) is 22.7 Å². The number of nitrogens with zero attached hydrogens (tertiary/aromatic N) is 3. The molecule has 0 unspecified atom stereocenters. The standard InChI is InChI=1S/C33H27N3O2S2/c1-2-19-35-32(37)30(40-33(35)39)20-26-21-36(27-12-4-3-5-13-27)34-31(26)24-15-17-28(18-16-24)38-22-25-11-8-10-23-9-6-7-14-29(23)25/h3-18,20-21H,2,19,22H2,1H3. The van der Waals surface area contributed by atoms with Crippen LogP contribution in [0.25, 0.3) is 33.8 Å². The number of carbonyl (C=O) groups excluding carboxylic acids is 1. The van der Waals surface area contributed by atoms with Crippen molar-refractivity contribution >= 4 is 51.1 Å². The van der Waals surface area contributed by atoms with E-state index in [9.17, 15) is 4.79 Å². The van der Waals surface area contributed by atoms with Gasteiger partial charge in [-0.15, -0.1) is 0 Å². The lowest BCUT2D eigenvalue weighted by Crippen LogP contribution is -2.28. The number of thioether (sulfide) groups is 1. The summed E-state index contributed by atoms with van der Waals surface area (Å²) in [5, 5.41) is 7.31. The number of thiocarbonyl (C=S) groups is 1. The predicted octanol–water partition coefficient (Wildman–Crippen LogP) is 7.88. The van der Waals surface area contributed by atoms with Gasteiger partial charge < -0.3 is 4.74 Å². The Morgan fingerprint density at radius 2 is 1.68 bits per heavy atom. The first-order chi connectivity index (χ1) is 19.6. The van der Waals surface area contributed by atoms with E-state index in [-0.39, 0.29) is 5.91 Å². The normalized spacial score (nSPS) is 14.4. The first kappa shape index (κ1) is 26.0. The van der Waals surface area contributed by atoms with Gasteiger partial charge in [0, 0.05) is 23.9 Å². The molecular formula is C33H27N3O2S2. The van der Waals surface area contributed by atoms with Crippen molar-refractivity contribution in [2.24, 2.45) is 0 Å². The second-order valence-corrected chi connectivity index (χ2v) is 11.2. The molecule has 6 rings (SSSR count). The third-order valence-electron chi connectivity index (χ3n) is 6.77. The van der Waals surface area contributed by atoms with Crippen LogP contribution in [-0.4, -0.2) is 31.5 Å². The van der Waals surface area contributed by atoms with E-state index >= 15 is 0 Å². The predicted molar refractivity (Wildman–Crippen MR) is 167 cm³/mol. The molecule has 0 N–H and O–H groups in total. The van der Waals surface area contributed by atoms with Gasteiger partial charge in [-0.05, 0) is 65.2 Å². The second-order valence-electron chi connectivity index (χ2n) is 9.50. The molecule has 1 aliphatic heterocycles. The number of carbonyl (C=O) groups is 1. The van der Waals surface area contributed by atoms with E-state index in [0.717, 1.165) is 40.2 Å². The number of hydrogen-bond donors (Lipinski definition) is 0. The molecule has 4 aromatic carbocycles. The topological polar surface area (TPSA) is 47.4 Å². The van der Waals surface area contributed by atoms with Gasteiger partial charge in [0.15, 0.2) is 0 Å². The van der Waals surface area contributed by atoms with Gasteiger partial charge in [0.05, 0.1) is 16.3 Å². The zero-order chi connectivity index (χ0) is 27.5. The summed E-state index contributed by atoms with van der Waals surface area (Å²) < 4.78 is 8.60. The molecule has 198 valence electrons. The minimum Gasteiger partial charge on any atom is -0.489 e. The molecule has 0 bridgehead atoms. The summed E-state index contributed by atoms with van der Waals surface area (Å²) in [6, 6.07) is 32.5. The van der Waals surface area contributed by atoms with Gasteiger partial charge in [-0.3, -0.25) is 9.69 Å². The molecule has 0 atom stereocenters. The number of ether oxygens (including phenoxy) is 1. The van der Waals surface area contributed by atoms with Crippen molar-refractivity contribution in [2.45, 2.75) is 20.0 Å². The average molecular weight is 562 g/mol. The molecule has 7 heteroatoms. The Balaban J connectivity index is 1.29. The maximum absolute atomic E-state index is 13.1. The lowest BCUT2D eigenvalue weighted by molar-refractivity contribution is -0.122. The molecule has 0 saturated carbocycles. The van der Waals surface area contributed by atoms with Gasteiger partial charge in [0.1, 0.15) is 16.7 Å². The summed E-state index contributed by atoms with van der Waals surface area (Å²) in [6.07, 6.45) is 4.72. The largest absolute Gasteiger partial charge is 0.489 e. The number of rotatable bonds is 8. The number of hydrogen-bond acceptors (Lipinski definition) is 5. The van der Waals surface area contributed by atoms with Gasteiger partial charge in [-0.1, -0.05) is 91.6 Å². The van der Waals surface area contributed by atoms with E-state index in [4.69, 9.17) is 22.1 Å². The highest BCUT2D eigenvalue weighted by Crippen LogP contribution is 2.35. The van der Waals surface area contributed by atoms with Crippen LogP contribution in [0.15, 0.2) is 108 Å². The molecule has 5 aromatic rings. The van der Waals surface area contributed by atoms with E-state index in [1.807, 2.05) is 84.5 Å². The lowest BCUT2D eigenvalue weighted by Gasteiger charge is -2.11. The van der Waals surface area contributed by atoms with Crippen LogP contribution < -0.4 is 4.74 Å². The number of amides is 1. The van der Waals surface area contributed by atoms with Gasteiger partial charge in [0.2, 0.25) is 0 Å². The molecule has 5 nitrogen and oxygen atoms in total. The van der Waals surface area contributed by atoms with Gasteiger partial charge in [-0.25, -0.2) is 4.68 Å². The van der Waals surface area contributed by atoms with Crippen molar-refractivity contribution in [3.05, 3.63) is 119 Å². The number of fused-ring (bicyclic) bond motifs is 1. The zero-order valence-electron chi connectivity index (χ0n) is 22.0. The average Bonchev–Trinajstić information content (AvgIpc) is 3.53. The summed E-state index contributed by atoms with van der Waals surface area (Å²) in [5.74, 6) is 0.730. The van der Waals surface area contributed by atoms with E-state index in [1.54, 1.807) is 4.90 Å². The third-order valence-corrected chi connectivity index (χ3v) is 8.15. The highest BCUT2D eigenvalue weighted by atomic mass is 32.2. The van der Waals surface area contributed by atoms with Crippen molar-refractivity contribution < 1.29 is 9.53 Å². The molecule has 1 aromatic heterocycles. The summed E-state index contributed by atoms with van der Waals surface area (Å²) in [6.45, 7) is 3.15. The fourth-order valence-electron chi connectivity index (χ4n) is 4.78. The highest BCUT2D eigenvalue weighted by Gasteiger charge is 2.31. The first-order valence-corrected chi connectivity index (χ1v) is 14.4. The molecule has 1 fully saturated rings.